The van der Waals surface area contributed by atoms with Crippen molar-refractivity contribution < 1.29 is 4.11 Å². The minimum atomic E-state index is -2.10. The van der Waals surface area contributed by atoms with E-state index >= 15 is 0 Å². The quantitative estimate of drug-likeness (QED) is 0.582. The molecule has 0 N–H and O–H groups in total. The molecule has 1 heterocycles. The first-order chi connectivity index (χ1) is 11.9. The second-order valence-electron chi connectivity index (χ2n) is 6.33. The fourth-order valence-electron chi connectivity index (χ4n) is 3.35. The molecule has 22 heavy (non-hydrogen) atoms. The van der Waals surface area contributed by atoms with Gasteiger partial charge in [0.05, 0.1) is 11.2 Å². The zero-order chi connectivity index (χ0) is 17.6. The molecule has 1 nitrogen and oxygen atoms in total. The summed E-state index contributed by atoms with van der Waals surface area (Å²) in [4.78, 5) is 4.83. The number of aromatic nitrogens is 1. The second kappa shape index (κ2) is 5.24. The van der Waals surface area contributed by atoms with E-state index < -0.39 is 6.85 Å². The lowest BCUT2D eigenvalue weighted by atomic mass is 9.78. The van der Waals surface area contributed by atoms with E-state index in [1.54, 1.807) is 12.1 Å². The fourth-order valence-corrected chi connectivity index (χ4v) is 3.35. The van der Waals surface area contributed by atoms with E-state index in [-0.39, 0.29) is 0 Å². The number of pyridine rings is 1. The summed E-state index contributed by atoms with van der Waals surface area (Å²) in [6.07, 6.45) is 3.84. The lowest BCUT2D eigenvalue weighted by molar-refractivity contribution is 0.422. The number of rotatable bonds is 2. The highest BCUT2D eigenvalue weighted by Gasteiger charge is 2.21. The molecular formula is C21H21N. The smallest absolute Gasteiger partial charge is 0.0712 e. The van der Waals surface area contributed by atoms with Crippen molar-refractivity contribution in [3.63, 3.8) is 0 Å². The van der Waals surface area contributed by atoms with Crippen LogP contribution in [0.4, 0.5) is 0 Å². The Morgan fingerprint density at radius 2 is 1.91 bits per heavy atom. The third-order valence-corrected chi connectivity index (χ3v) is 4.68. The van der Waals surface area contributed by atoms with Gasteiger partial charge in [-0.1, -0.05) is 41.8 Å². The van der Waals surface area contributed by atoms with Crippen LogP contribution in [0.1, 0.15) is 46.0 Å². The Balaban J connectivity index is 1.81. The van der Waals surface area contributed by atoms with Crippen molar-refractivity contribution in [1.82, 2.24) is 4.98 Å². The minimum Gasteiger partial charge on any atom is -0.248 e. The standard InChI is InChI=1S/C21H21N/c1-14-11-15(2)13-17(12-14)20-10-9-19-18(16-5-3-6-16)7-4-8-21(19)22-20/h4,7-13,16H,3,5-6H2,1-2H3/i1D3. The van der Waals surface area contributed by atoms with Crippen LogP contribution in [0.3, 0.4) is 0 Å². The minimum absolute atomic E-state index is 0.368. The topological polar surface area (TPSA) is 12.9 Å². The summed E-state index contributed by atoms with van der Waals surface area (Å²) in [7, 11) is 0. The summed E-state index contributed by atoms with van der Waals surface area (Å²) in [5.41, 5.74) is 5.38. The van der Waals surface area contributed by atoms with Gasteiger partial charge in [0.2, 0.25) is 0 Å². The molecule has 0 atom stereocenters. The van der Waals surface area contributed by atoms with E-state index in [0.717, 1.165) is 22.3 Å². The van der Waals surface area contributed by atoms with Crippen LogP contribution in [0.2, 0.25) is 0 Å². The molecule has 0 saturated heterocycles. The average Bonchev–Trinajstić information content (AvgIpc) is 2.51. The zero-order valence-corrected chi connectivity index (χ0v) is 12.8. The van der Waals surface area contributed by atoms with Crippen molar-refractivity contribution in [3.8, 4) is 11.3 Å². The van der Waals surface area contributed by atoms with E-state index in [9.17, 15) is 0 Å². The van der Waals surface area contributed by atoms with Crippen molar-refractivity contribution in [3.05, 3.63) is 65.2 Å². The molecule has 1 heteroatoms. The van der Waals surface area contributed by atoms with Gasteiger partial charge in [0, 0.05) is 15.1 Å². The van der Waals surface area contributed by atoms with Crippen LogP contribution in [0.5, 0.6) is 0 Å². The molecule has 0 bridgehead atoms. The van der Waals surface area contributed by atoms with Crippen LogP contribution in [-0.2, 0) is 0 Å². The van der Waals surface area contributed by atoms with Crippen LogP contribution < -0.4 is 0 Å². The van der Waals surface area contributed by atoms with Gasteiger partial charge >= 0.3 is 0 Å². The van der Waals surface area contributed by atoms with Gasteiger partial charge in [0.25, 0.3) is 0 Å². The second-order valence-corrected chi connectivity index (χ2v) is 6.33. The Morgan fingerprint density at radius 3 is 2.68 bits per heavy atom. The third-order valence-electron chi connectivity index (χ3n) is 4.68. The molecular weight excluding hydrogens is 266 g/mol. The monoisotopic (exact) mass is 290 g/mol. The molecule has 4 rings (SSSR count). The molecule has 0 aliphatic heterocycles. The van der Waals surface area contributed by atoms with Gasteiger partial charge in [-0.15, -0.1) is 0 Å². The number of nitrogens with zero attached hydrogens (tertiary/aromatic N) is 1. The lowest BCUT2D eigenvalue weighted by Crippen LogP contribution is -2.09. The maximum absolute atomic E-state index is 7.68. The SMILES string of the molecule is [2H]C([2H])([2H])c1cc(C)cc(-c2ccc3c(C4CCC4)cccc3n2)c1. The summed E-state index contributed by atoms with van der Waals surface area (Å²) in [5.74, 6) is 0.664. The first kappa shape index (κ1) is 10.6. The van der Waals surface area contributed by atoms with E-state index in [1.807, 2.05) is 25.1 Å². The summed E-state index contributed by atoms with van der Waals surface area (Å²) in [6.45, 7) is -0.177. The Morgan fingerprint density at radius 1 is 1.05 bits per heavy atom. The van der Waals surface area contributed by atoms with Crippen LogP contribution in [0.25, 0.3) is 22.2 Å². The van der Waals surface area contributed by atoms with Crippen LogP contribution in [0.15, 0.2) is 48.5 Å². The molecule has 110 valence electrons. The molecule has 1 aromatic heterocycles. The third kappa shape index (κ3) is 2.31. The summed E-state index contributed by atoms with van der Waals surface area (Å²) in [5, 5.41) is 1.22. The Kier molecular flexibility index (Phi) is 2.51. The van der Waals surface area contributed by atoms with E-state index in [2.05, 4.69) is 18.2 Å². The maximum Gasteiger partial charge on any atom is 0.0712 e. The van der Waals surface area contributed by atoms with Gasteiger partial charge in [-0.2, -0.15) is 0 Å². The van der Waals surface area contributed by atoms with Gasteiger partial charge in [-0.3, -0.25) is 0 Å². The molecule has 1 saturated carbocycles. The first-order valence-corrected chi connectivity index (χ1v) is 7.94. The normalized spacial score (nSPS) is 17.6. The van der Waals surface area contributed by atoms with Gasteiger partial charge in [0.1, 0.15) is 0 Å². The molecule has 0 amide bonds. The van der Waals surface area contributed by atoms with Gasteiger partial charge in [-0.25, -0.2) is 4.98 Å². The highest BCUT2D eigenvalue weighted by molar-refractivity contribution is 5.85. The molecule has 2 aromatic carbocycles. The summed E-state index contributed by atoms with van der Waals surface area (Å²) < 4.78 is 23.0. The fraction of sp³-hybridized carbons (Fsp3) is 0.286. The number of hydrogen-bond donors (Lipinski definition) is 0. The van der Waals surface area contributed by atoms with E-state index in [1.165, 1.54) is 30.2 Å². The van der Waals surface area contributed by atoms with Crippen molar-refractivity contribution in [1.29, 1.82) is 0 Å². The number of aryl methyl sites for hydroxylation is 2. The molecule has 0 spiro atoms. The summed E-state index contributed by atoms with van der Waals surface area (Å²) in [6, 6.07) is 16.0. The Hall–Kier alpha value is -2.15. The Bertz CT molecular complexity index is 940. The molecule has 1 aliphatic carbocycles. The first-order valence-electron chi connectivity index (χ1n) is 9.44. The number of benzene rings is 2. The predicted octanol–water partition coefficient (Wildman–Crippen LogP) is 5.79. The van der Waals surface area contributed by atoms with Gasteiger partial charge in [0.15, 0.2) is 0 Å². The van der Waals surface area contributed by atoms with Crippen molar-refractivity contribution >= 4 is 10.9 Å². The van der Waals surface area contributed by atoms with Crippen molar-refractivity contribution in [2.45, 2.75) is 39.0 Å². The highest BCUT2D eigenvalue weighted by atomic mass is 14.7. The lowest BCUT2D eigenvalue weighted by Gasteiger charge is -2.27. The maximum atomic E-state index is 7.68. The van der Waals surface area contributed by atoms with Gasteiger partial charge < -0.3 is 0 Å². The van der Waals surface area contributed by atoms with Gasteiger partial charge in [-0.05, 0) is 62.4 Å². The highest BCUT2D eigenvalue weighted by Crippen LogP contribution is 2.39. The predicted molar refractivity (Wildman–Crippen MR) is 93.2 cm³/mol. The van der Waals surface area contributed by atoms with Crippen LogP contribution in [0, 0.1) is 13.8 Å². The van der Waals surface area contributed by atoms with E-state index in [0.29, 0.717) is 11.5 Å². The van der Waals surface area contributed by atoms with Crippen LogP contribution in [-0.4, -0.2) is 4.98 Å². The average molecular weight is 290 g/mol. The largest absolute Gasteiger partial charge is 0.248 e. The molecule has 1 fully saturated rings. The molecule has 0 unspecified atom stereocenters. The summed E-state index contributed by atoms with van der Waals surface area (Å²) >= 11 is 0. The number of fused-ring (bicyclic) bond motifs is 1. The number of hydrogen-bond acceptors (Lipinski definition) is 1. The van der Waals surface area contributed by atoms with Crippen molar-refractivity contribution in [2.75, 3.05) is 0 Å². The molecule has 1 aliphatic rings. The Labute approximate surface area is 136 Å². The van der Waals surface area contributed by atoms with Crippen molar-refractivity contribution in [2.24, 2.45) is 0 Å². The molecule has 0 radical (unpaired) electrons. The zero-order valence-electron chi connectivity index (χ0n) is 15.8. The van der Waals surface area contributed by atoms with E-state index in [4.69, 9.17) is 9.10 Å². The van der Waals surface area contributed by atoms with Crippen LogP contribution >= 0.6 is 0 Å². The molecule has 3 aromatic rings.